The molecule has 0 aliphatic heterocycles. The van der Waals surface area contributed by atoms with E-state index in [0.717, 1.165) is 0 Å². The van der Waals surface area contributed by atoms with E-state index in [9.17, 15) is 8.42 Å². The maximum atomic E-state index is 12.8. The SMILES string of the molecule is CNc1nc2ccccn2c1S(=O)(=O)N(C)CCN(C)C. The van der Waals surface area contributed by atoms with Crippen LogP contribution in [-0.4, -0.2) is 68.3 Å². The summed E-state index contributed by atoms with van der Waals surface area (Å²) in [5.74, 6) is 0.359. The Bertz CT molecular complexity index is 723. The van der Waals surface area contributed by atoms with E-state index in [4.69, 9.17) is 0 Å². The molecule has 21 heavy (non-hydrogen) atoms. The van der Waals surface area contributed by atoms with Crippen LogP contribution in [0.5, 0.6) is 0 Å². The number of fused-ring (bicyclic) bond motifs is 1. The summed E-state index contributed by atoms with van der Waals surface area (Å²) >= 11 is 0. The fraction of sp³-hybridized carbons (Fsp3) is 0.462. The predicted octanol–water partition coefficient (Wildman–Crippen LogP) is 0.558. The van der Waals surface area contributed by atoms with Crippen LogP contribution in [0.25, 0.3) is 5.65 Å². The normalized spacial score (nSPS) is 12.5. The van der Waals surface area contributed by atoms with Crippen molar-refractivity contribution in [2.75, 3.05) is 46.6 Å². The minimum atomic E-state index is -3.62. The van der Waals surface area contributed by atoms with Crippen molar-refractivity contribution in [3.8, 4) is 0 Å². The topological polar surface area (TPSA) is 70.0 Å². The van der Waals surface area contributed by atoms with Gasteiger partial charge in [-0.1, -0.05) is 6.07 Å². The molecule has 2 heterocycles. The van der Waals surface area contributed by atoms with Crippen molar-refractivity contribution in [1.82, 2.24) is 18.6 Å². The molecule has 2 aromatic heterocycles. The highest BCUT2D eigenvalue weighted by atomic mass is 32.2. The first-order valence-electron chi connectivity index (χ1n) is 6.64. The van der Waals surface area contributed by atoms with Crippen molar-refractivity contribution in [3.63, 3.8) is 0 Å². The van der Waals surface area contributed by atoms with E-state index in [-0.39, 0.29) is 5.03 Å². The van der Waals surface area contributed by atoms with E-state index >= 15 is 0 Å². The summed E-state index contributed by atoms with van der Waals surface area (Å²) in [4.78, 5) is 6.25. The molecule has 0 aliphatic carbocycles. The predicted molar refractivity (Wildman–Crippen MR) is 83.1 cm³/mol. The first-order valence-corrected chi connectivity index (χ1v) is 8.08. The molecule has 1 N–H and O–H groups in total. The molecule has 0 saturated heterocycles. The lowest BCUT2D eigenvalue weighted by atomic mass is 10.5. The fourth-order valence-corrected chi connectivity index (χ4v) is 3.40. The number of anilines is 1. The van der Waals surface area contributed by atoms with Crippen LogP contribution in [0.15, 0.2) is 29.4 Å². The number of nitrogens with zero attached hydrogens (tertiary/aromatic N) is 4. The number of nitrogens with one attached hydrogen (secondary N) is 1. The Balaban J connectivity index is 2.48. The van der Waals surface area contributed by atoms with Crippen LogP contribution >= 0.6 is 0 Å². The number of rotatable bonds is 6. The van der Waals surface area contributed by atoms with Gasteiger partial charge in [-0.2, -0.15) is 4.31 Å². The van der Waals surface area contributed by atoms with Crippen LogP contribution in [0.1, 0.15) is 0 Å². The van der Waals surface area contributed by atoms with Gasteiger partial charge < -0.3 is 10.2 Å². The van der Waals surface area contributed by atoms with E-state index in [2.05, 4.69) is 10.3 Å². The minimum Gasteiger partial charge on any atom is -0.371 e. The maximum Gasteiger partial charge on any atom is 0.262 e. The van der Waals surface area contributed by atoms with Crippen molar-refractivity contribution < 1.29 is 8.42 Å². The molecule has 8 heteroatoms. The zero-order chi connectivity index (χ0) is 15.6. The lowest BCUT2D eigenvalue weighted by Gasteiger charge is -2.19. The highest BCUT2D eigenvalue weighted by Gasteiger charge is 2.28. The molecule has 2 aromatic rings. The monoisotopic (exact) mass is 311 g/mol. The molecule has 0 atom stereocenters. The Morgan fingerprint density at radius 1 is 1.24 bits per heavy atom. The van der Waals surface area contributed by atoms with Crippen LogP contribution in [0.4, 0.5) is 5.82 Å². The average Bonchev–Trinajstić information content (AvgIpc) is 2.83. The number of hydrogen-bond acceptors (Lipinski definition) is 5. The summed E-state index contributed by atoms with van der Waals surface area (Å²) in [7, 11) is 3.46. The molecule has 0 unspecified atom stereocenters. The molecule has 0 aliphatic rings. The molecule has 0 fully saturated rings. The lowest BCUT2D eigenvalue weighted by molar-refractivity contribution is 0.358. The van der Waals surface area contributed by atoms with E-state index in [1.54, 1.807) is 36.8 Å². The highest BCUT2D eigenvalue weighted by Crippen LogP contribution is 2.24. The Hall–Kier alpha value is -1.64. The van der Waals surface area contributed by atoms with Gasteiger partial charge in [0.2, 0.25) is 0 Å². The summed E-state index contributed by atoms with van der Waals surface area (Å²) in [5, 5.41) is 3.03. The molecule has 7 nitrogen and oxygen atoms in total. The third kappa shape index (κ3) is 3.02. The Kier molecular flexibility index (Phi) is 4.50. The van der Waals surface area contributed by atoms with Gasteiger partial charge in [-0.05, 0) is 26.2 Å². The lowest BCUT2D eigenvalue weighted by Crippen LogP contribution is -2.34. The molecule has 0 bridgehead atoms. The van der Waals surface area contributed by atoms with E-state index in [0.29, 0.717) is 24.6 Å². The summed E-state index contributed by atoms with van der Waals surface area (Å²) in [6.45, 7) is 1.07. The quantitative estimate of drug-likeness (QED) is 0.844. The highest BCUT2D eigenvalue weighted by molar-refractivity contribution is 7.89. The number of aromatic nitrogens is 2. The van der Waals surface area contributed by atoms with Crippen LogP contribution in [0.2, 0.25) is 0 Å². The molecular formula is C13H21N5O2S. The van der Waals surface area contributed by atoms with Gasteiger partial charge in [0.1, 0.15) is 5.65 Å². The van der Waals surface area contributed by atoms with Gasteiger partial charge in [-0.3, -0.25) is 4.40 Å². The molecule has 0 radical (unpaired) electrons. The summed E-state index contributed by atoms with van der Waals surface area (Å²) in [6.07, 6.45) is 1.70. The molecule has 2 rings (SSSR count). The zero-order valence-electron chi connectivity index (χ0n) is 12.7. The van der Waals surface area contributed by atoms with Crippen LogP contribution in [0, 0.1) is 0 Å². The Morgan fingerprint density at radius 3 is 2.57 bits per heavy atom. The van der Waals surface area contributed by atoms with E-state index in [1.807, 2.05) is 25.1 Å². The van der Waals surface area contributed by atoms with Gasteiger partial charge >= 0.3 is 0 Å². The second kappa shape index (κ2) is 6.00. The molecular weight excluding hydrogens is 290 g/mol. The van der Waals surface area contributed by atoms with Crippen molar-refractivity contribution in [2.24, 2.45) is 0 Å². The van der Waals surface area contributed by atoms with Crippen LogP contribution in [0.3, 0.4) is 0 Å². The largest absolute Gasteiger partial charge is 0.371 e. The maximum absolute atomic E-state index is 12.8. The summed E-state index contributed by atoms with van der Waals surface area (Å²) in [5.41, 5.74) is 0.599. The second-order valence-corrected chi connectivity index (χ2v) is 7.03. The van der Waals surface area contributed by atoms with E-state index in [1.165, 1.54) is 4.31 Å². The van der Waals surface area contributed by atoms with Crippen molar-refractivity contribution >= 4 is 21.5 Å². The molecule has 0 amide bonds. The number of pyridine rings is 1. The van der Waals surface area contributed by atoms with Crippen molar-refractivity contribution in [3.05, 3.63) is 24.4 Å². The number of hydrogen-bond donors (Lipinski definition) is 1. The van der Waals surface area contributed by atoms with Crippen LogP contribution < -0.4 is 5.32 Å². The van der Waals surface area contributed by atoms with Gasteiger partial charge in [0, 0.05) is 33.4 Å². The molecule has 0 aromatic carbocycles. The number of sulfonamides is 1. The standard InChI is InChI=1S/C13H21N5O2S/c1-14-12-13(18-8-6-5-7-11(18)15-12)21(19,20)17(4)10-9-16(2)3/h5-8,14H,9-10H2,1-4H3. The fourth-order valence-electron chi connectivity index (χ4n) is 1.99. The number of imidazole rings is 1. The zero-order valence-corrected chi connectivity index (χ0v) is 13.6. The minimum absolute atomic E-state index is 0.168. The molecule has 0 saturated carbocycles. The second-order valence-electron chi connectivity index (χ2n) is 5.07. The van der Waals surface area contributed by atoms with Gasteiger partial charge in [0.25, 0.3) is 10.0 Å². The molecule has 116 valence electrons. The van der Waals surface area contributed by atoms with E-state index < -0.39 is 10.0 Å². The van der Waals surface area contributed by atoms with Crippen LogP contribution in [-0.2, 0) is 10.0 Å². The smallest absolute Gasteiger partial charge is 0.262 e. The van der Waals surface area contributed by atoms with Crippen molar-refractivity contribution in [2.45, 2.75) is 5.03 Å². The summed E-state index contributed by atoms with van der Waals surface area (Å²) < 4.78 is 28.6. The first kappa shape index (κ1) is 15.7. The van der Waals surface area contributed by atoms with Gasteiger partial charge in [0.05, 0.1) is 0 Å². The van der Waals surface area contributed by atoms with Crippen molar-refractivity contribution in [1.29, 1.82) is 0 Å². The third-order valence-electron chi connectivity index (χ3n) is 3.24. The van der Waals surface area contributed by atoms with Gasteiger partial charge in [-0.15, -0.1) is 0 Å². The van der Waals surface area contributed by atoms with Gasteiger partial charge in [0.15, 0.2) is 10.8 Å². The average molecular weight is 311 g/mol. The third-order valence-corrected chi connectivity index (χ3v) is 5.12. The summed E-state index contributed by atoms with van der Waals surface area (Å²) in [6, 6.07) is 5.39. The Morgan fingerprint density at radius 2 is 1.95 bits per heavy atom. The first-order chi connectivity index (χ1) is 9.87. The number of likely N-dealkylation sites (N-methyl/N-ethyl adjacent to an activating group) is 2. The Labute approximate surface area is 125 Å². The van der Waals surface area contributed by atoms with Gasteiger partial charge in [-0.25, -0.2) is 13.4 Å². The molecule has 0 spiro atoms.